The Morgan fingerprint density at radius 2 is 0.968 bits per heavy atom. The fourth-order valence-corrected chi connectivity index (χ4v) is 11.4. The lowest BCUT2D eigenvalue weighted by molar-refractivity contribution is 0.487. The van der Waals surface area contributed by atoms with E-state index in [1.807, 2.05) is 12.1 Å². The number of furan rings is 1. The van der Waals surface area contributed by atoms with Gasteiger partial charge < -0.3 is 9.15 Å². The van der Waals surface area contributed by atoms with Crippen molar-refractivity contribution in [2.75, 3.05) is 0 Å². The Balaban J connectivity index is 1.04. The van der Waals surface area contributed by atoms with Crippen LogP contribution in [-0.4, -0.2) is 0 Å². The van der Waals surface area contributed by atoms with E-state index in [0.29, 0.717) is 0 Å². The third kappa shape index (κ3) is 4.90. The first-order valence-electron chi connectivity index (χ1n) is 22.3. The number of para-hydroxylation sites is 2. The van der Waals surface area contributed by atoms with Gasteiger partial charge in [0.1, 0.15) is 22.7 Å². The van der Waals surface area contributed by atoms with Gasteiger partial charge in [-0.2, -0.15) is 0 Å². The predicted molar refractivity (Wildman–Crippen MR) is 261 cm³/mol. The Morgan fingerprint density at radius 3 is 1.73 bits per heavy atom. The minimum Gasteiger partial charge on any atom is -0.456 e. The molecule has 1 aromatic heterocycles. The molecule has 2 heterocycles. The van der Waals surface area contributed by atoms with Gasteiger partial charge in [0.25, 0.3) is 0 Å². The largest absolute Gasteiger partial charge is 0.456 e. The molecule has 0 atom stereocenters. The van der Waals surface area contributed by atoms with Crippen molar-refractivity contribution in [3.8, 4) is 67.1 Å². The molecule has 0 saturated carbocycles. The van der Waals surface area contributed by atoms with Crippen LogP contribution in [0.4, 0.5) is 0 Å². The van der Waals surface area contributed by atoms with Crippen LogP contribution < -0.4 is 4.74 Å². The molecule has 0 N–H and O–H groups in total. The van der Waals surface area contributed by atoms with Gasteiger partial charge in [0, 0.05) is 27.3 Å². The monoisotopic (exact) mass is 810 g/mol. The van der Waals surface area contributed by atoms with Crippen LogP contribution in [0, 0.1) is 0 Å². The van der Waals surface area contributed by atoms with E-state index in [-0.39, 0.29) is 10.8 Å². The van der Waals surface area contributed by atoms with E-state index in [1.165, 1.54) is 77.7 Å². The lowest BCUT2D eigenvalue weighted by Crippen LogP contribution is -2.27. The minimum absolute atomic E-state index is 0.00404. The Hall–Kier alpha value is -7.16. The molecule has 302 valence electrons. The maximum absolute atomic E-state index is 6.82. The Morgan fingerprint density at radius 1 is 0.381 bits per heavy atom. The fraction of sp³-hybridized carbons (Fsp3) is 0.148. The van der Waals surface area contributed by atoms with Crippen LogP contribution in [0.25, 0.3) is 88.3 Å². The third-order valence-corrected chi connectivity index (χ3v) is 14.4. The highest BCUT2D eigenvalue weighted by Gasteiger charge is 2.53. The summed E-state index contributed by atoms with van der Waals surface area (Å²) >= 11 is 0. The third-order valence-electron chi connectivity index (χ3n) is 14.4. The van der Waals surface area contributed by atoms with Gasteiger partial charge in [-0.15, -0.1) is 0 Å². The van der Waals surface area contributed by atoms with Crippen molar-refractivity contribution in [1.29, 1.82) is 0 Å². The summed E-state index contributed by atoms with van der Waals surface area (Å²) in [4.78, 5) is 0. The molecule has 0 fully saturated rings. The summed E-state index contributed by atoms with van der Waals surface area (Å²) in [6.45, 7) is 14.0. The molecule has 10 aromatic rings. The molecular weight excluding hydrogens is 765 g/mol. The molecule has 9 aromatic carbocycles. The lowest BCUT2D eigenvalue weighted by Gasteiger charge is -2.33. The number of fused-ring (bicyclic) bond motifs is 15. The smallest absolute Gasteiger partial charge is 0.143 e. The van der Waals surface area contributed by atoms with Gasteiger partial charge in [0.15, 0.2) is 0 Å². The average molecular weight is 811 g/mol. The SMILES string of the molecule is CC(C)(C)c1ccc2c(c1)C1(c3cc(C(C)(C)C)ccc3-2)c2ccccc2-c2c(-c3ccc4c5c(cccc35)-c3cc(-c5cccc6c5oc5ccccc56)ccc3O4)cccc21. The predicted octanol–water partition coefficient (Wildman–Crippen LogP) is 16.8. The molecule has 1 spiro atoms. The topological polar surface area (TPSA) is 22.4 Å². The van der Waals surface area contributed by atoms with E-state index >= 15 is 0 Å². The summed E-state index contributed by atoms with van der Waals surface area (Å²) in [7, 11) is 0. The molecular formula is C61H46O2. The molecule has 2 aliphatic carbocycles. The highest BCUT2D eigenvalue weighted by atomic mass is 16.5. The van der Waals surface area contributed by atoms with Crippen molar-refractivity contribution in [1.82, 2.24) is 0 Å². The van der Waals surface area contributed by atoms with Gasteiger partial charge in [-0.05, 0) is 118 Å². The first-order valence-corrected chi connectivity index (χ1v) is 22.3. The molecule has 1 aliphatic heterocycles. The summed E-state index contributed by atoms with van der Waals surface area (Å²) in [5, 5.41) is 4.58. The minimum atomic E-state index is -0.470. The molecule has 3 aliphatic rings. The van der Waals surface area contributed by atoms with Crippen LogP contribution >= 0.6 is 0 Å². The van der Waals surface area contributed by atoms with Crippen molar-refractivity contribution in [2.45, 2.75) is 57.8 Å². The van der Waals surface area contributed by atoms with Crippen LogP contribution in [0.15, 0.2) is 174 Å². The summed E-state index contributed by atoms with van der Waals surface area (Å²) in [6.07, 6.45) is 0. The Kier molecular flexibility index (Phi) is 7.23. The van der Waals surface area contributed by atoms with Crippen molar-refractivity contribution < 1.29 is 9.15 Å². The highest BCUT2D eigenvalue weighted by molar-refractivity contribution is 6.14. The van der Waals surface area contributed by atoms with E-state index < -0.39 is 5.41 Å². The second-order valence-corrected chi connectivity index (χ2v) is 20.0. The van der Waals surface area contributed by atoms with Gasteiger partial charge in [-0.3, -0.25) is 0 Å². The number of hydrogen-bond donors (Lipinski definition) is 0. The summed E-state index contributed by atoms with van der Waals surface area (Å²) < 4.78 is 13.3. The van der Waals surface area contributed by atoms with Crippen LogP contribution in [0.3, 0.4) is 0 Å². The maximum atomic E-state index is 6.82. The van der Waals surface area contributed by atoms with Gasteiger partial charge >= 0.3 is 0 Å². The molecule has 63 heavy (non-hydrogen) atoms. The first-order chi connectivity index (χ1) is 30.5. The lowest BCUT2D eigenvalue weighted by atomic mass is 9.68. The van der Waals surface area contributed by atoms with E-state index in [1.54, 1.807) is 0 Å². The zero-order valence-electron chi connectivity index (χ0n) is 36.5. The number of benzene rings is 9. The van der Waals surface area contributed by atoms with Crippen molar-refractivity contribution >= 4 is 32.7 Å². The summed E-state index contributed by atoms with van der Waals surface area (Å²) in [5.41, 5.74) is 21.7. The highest BCUT2D eigenvalue weighted by Crippen LogP contribution is 2.65. The molecule has 13 rings (SSSR count). The molecule has 0 amide bonds. The summed E-state index contributed by atoms with van der Waals surface area (Å²) in [5.74, 6) is 1.75. The second kappa shape index (κ2) is 12.5. The van der Waals surface area contributed by atoms with Crippen LogP contribution in [0.5, 0.6) is 11.5 Å². The molecule has 0 unspecified atom stereocenters. The van der Waals surface area contributed by atoms with Crippen LogP contribution in [-0.2, 0) is 16.2 Å². The zero-order chi connectivity index (χ0) is 42.6. The van der Waals surface area contributed by atoms with Gasteiger partial charge in [-0.25, -0.2) is 0 Å². The molecule has 2 heteroatoms. The zero-order valence-corrected chi connectivity index (χ0v) is 36.5. The second-order valence-electron chi connectivity index (χ2n) is 20.0. The van der Waals surface area contributed by atoms with Crippen molar-refractivity contribution in [3.63, 3.8) is 0 Å². The summed E-state index contributed by atoms with van der Waals surface area (Å²) in [6, 6.07) is 63.4. The Labute approximate surface area is 368 Å². The van der Waals surface area contributed by atoms with Gasteiger partial charge in [-0.1, -0.05) is 187 Å². The standard InChI is InChI=1S/C61H46O2/c1-59(2,3)36-25-27-40-41-28-26-37(60(4,5)6)34-52(41)61(51(40)33-36)49-21-9-7-15-47(49)56-43(19-13-22-50(56)61)39-29-31-55-57-44(39)17-12-18-45(57)48-32-35(24-30-54(48)62-55)38-16-11-20-46-42-14-8-10-23-53(42)63-58(38)46/h7-34H,1-6H3. The van der Waals surface area contributed by atoms with Crippen LogP contribution in [0.2, 0.25) is 0 Å². The van der Waals surface area contributed by atoms with Crippen LogP contribution in [0.1, 0.15) is 74.9 Å². The van der Waals surface area contributed by atoms with Gasteiger partial charge in [0.2, 0.25) is 0 Å². The van der Waals surface area contributed by atoms with E-state index in [2.05, 4.69) is 199 Å². The normalized spacial score (nSPS) is 14.1. The average Bonchev–Trinajstić information content (AvgIpc) is 3.92. The Bertz CT molecular complexity index is 3560. The maximum Gasteiger partial charge on any atom is 0.143 e. The molecule has 2 nitrogen and oxygen atoms in total. The fourth-order valence-electron chi connectivity index (χ4n) is 11.4. The number of hydrogen-bond acceptors (Lipinski definition) is 2. The van der Waals surface area contributed by atoms with Gasteiger partial charge in [0.05, 0.1) is 5.41 Å². The van der Waals surface area contributed by atoms with Crippen molar-refractivity contribution in [3.05, 3.63) is 203 Å². The number of ether oxygens (including phenoxy) is 1. The van der Waals surface area contributed by atoms with Crippen molar-refractivity contribution in [2.24, 2.45) is 0 Å². The molecule has 0 bridgehead atoms. The molecule has 0 saturated heterocycles. The van der Waals surface area contributed by atoms with E-state index in [9.17, 15) is 0 Å². The quantitative estimate of drug-likeness (QED) is 0.174. The van der Waals surface area contributed by atoms with E-state index in [0.717, 1.165) is 55.5 Å². The number of rotatable bonds is 2. The first kappa shape index (κ1) is 36.5. The van der Waals surface area contributed by atoms with E-state index in [4.69, 9.17) is 9.15 Å². The molecule has 0 radical (unpaired) electrons.